The second-order valence-electron chi connectivity index (χ2n) is 4.88. The Morgan fingerprint density at radius 1 is 1.39 bits per heavy atom. The molecule has 1 unspecified atom stereocenters. The van der Waals surface area contributed by atoms with Crippen LogP contribution in [0.4, 0.5) is 0 Å². The summed E-state index contributed by atoms with van der Waals surface area (Å²) in [7, 11) is 1.76. The van der Waals surface area contributed by atoms with Gasteiger partial charge in [-0.15, -0.1) is 11.3 Å². The fourth-order valence-corrected chi connectivity index (χ4v) is 2.79. The summed E-state index contributed by atoms with van der Waals surface area (Å²) >= 11 is 1.81. The van der Waals surface area contributed by atoms with Gasteiger partial charge in [0.15, 0.2) is 0 Å². The van der Waals surface area contributed by atoms with Gasteiger partial charge < -0.3 is 10.1 Å². The van der Waals surface area contributed by atoms with Crippen LogP contribution < -0.4 is 5.32 Å². The van der Waals surface area contributed by atoms with E-state index in [1.807, 2.05) is 11.3 Å². The van der Waals surface area contributed by atoms with Crippen LogP contribution >= 0.6 is 11.3 Å². The maximum Gasteiger partial charge on any atom is 0.0589 e. The van der Waals surface area contributed by atoms with Gasteiger partial charge in [-0.05, 0) is 32.2 Å². The number of methoxy groups -OCH3 is 1. The average molecular weight is 270 g/mol. The summed E-state index contributed by atoms with van der Waals surface area (Å²) in [6.45, 7) is 10.5. The Morgan fingerprint density at radius 2 is 2.17 bits per heavy atom. The molecule has 0 spiro atoms. The SMILES string of the molecule is COCCN(C(C)C)C(C)CNCc1cccs1. The van der Waals surface area contributed by atoms with E-state index in [9.17, 15) is 0 Å². The molecule has 0 fully saturated rings. The molecular weight excluding hydrogens is 244 g/mol. The van der Waals surface area contributed by atoms with Crippen LogP contribution in [0.15, 0.2) is 17.5 Å². The Hall–Kier alpha value is -0.420. The highest BCUT2D eigenvalue weighted by atomic mass is 32.1. The molecule has 0 aromatic carbocycles. The topological polar surface area (TPSA) is 24.5 Å². The van der Waals surface area contributed by atoms with E-state index in [4.69, 9.17) is 4.74 Å². The van der Waals surface area contributed by atoms with Crippen molar-refractivity contribution in [3.63, 3.8) is 0 Å². The number of hydrogen-bond donors (Lipinski definition) is 1. The zero-order valence-electron chi connectivity index (χ0n) is 12.0. The molecule has 0 saturated heterocycles. The molecule has 1 rings (SSSR count). The van der Waals surface area contributed by atoms with Crippen LogP contribution in [-0.2, 0) is 11.3 Å². The van der Waals surface area contributed by atoms with Crippen molar-refractivity contribution in [3.8, 4) is 0 Å². The molecule has 1 aromatic rings. The largest absolute Gasteiger partial charge is 0.383 e. The van der Waals surface area contributed by atoms with Crippen LogP contribution in [0.2, 0.25) is 0 Å². The molecule has 0 aliphatic heterocycles. The summed E-state index contributed by atoms with van der Waals surface area (Å²) in [4.78, 5) is 3.88. The molecule has 0 saturated carbocycles. The molecule has 1 atom stereocenters. The highest BCUT2D eigenvalue weighted by molar-refractivity contribution is 7.09. The van der Waals surface area contributed by atoms with Gasteiger partial charge in [0.05, 0.1) is 6.61 Å². The van der Waals surface area contributed by atoms with Crippen LogP contribution in [0.25, 0.3) is 0 Å². The van der Waals surface area contributed by atoms with E-state index in [0.29, 0.717) is 12.1 Å². The summed E-state index contributed by atoms with van der Waals surface area (Å²) in [6.07, 6.45) is 0. The molecule has 1 aromatic heterocycles. The third kappa shape index (κ3) is 5.48. The van der Waals surface area contributed by atoms with Crippen molar-refractivity contribution < 1.29 is 4.74 Å². The minimum Gasteiger partial charge on any atom is -0.383 e. The predicted molar refractivity (Wildman–Crippen MR) is 79.2 cm³/mol. The quantitative estimate of drug-likeness (QED) is 0.746. The Labute approximate surface area is 115 Å². The molecule has 1 N–H and O–H groups in total. The summed E-state index contributed by atoms with van der Waals surface area (Å²) in [5.41, 5.74) is 0. The van der Waals surface area contributed by atoms with Gasteiger partial charge in [-0.2, -0.15) is 0 Å². The van der Waals surface area contributed by atoms with Gasteiger partial charge in [0.1, 0.15) is 0 Å². The molecular formula is C14H26N2OS. The summed E-state index contributed by atoms with van der Waals surface area (Å²) in [5.74, 6) is 0. The monoisotopic (exact) mass is 270 g/mol. The van der Waals surface area contributed by atoms with Crippen molar-refractivity contribution in [2.45, 2.75) is 39.4 Å². The number of rotatable bonds is 9. The van der Waals surface area contributed by atoms with Crippen LogP contribution in [0.5, 0.6) is 0 Å². The first-order chi connectivity index (χ1) is 8.65. The van der Waals surface area contributed by atoms with E-state index in [2.05, 4.69) is 48.5 Å². The van der Waals surface area contributed by atoms with Crippen molar-refractivity contribution in [1.82, 2.24) is 10.2 Å². The molecule has 104 valence electrons. The summed E-state index contributed by atoms with van der Waals surface area (Å²) in [5, 5.41) is 5.65. The fraction of sp³-hybridized carbons (Fsp3) is 0.714. The second-order valence-corrected chi connectivity index (χ2v) is 5.92. The van der Waals surface area contributed by atoms with E-state index in [1.54, 1.807) is 7.11 Å². The van der Waals surface area contributed by atoms with Gasteiger partial charge in [-0.25, -0.2) is 0 Å². The number of ether oxygens (including phenoxy) is 1. The van der Waals surface area contributed by atoms with E-state index in [1.165, 1.54) is 4.88 Å². The highest BCUT2D eigenvalue weighted by Crippen LogP contribution is 2.08. The van der Waals surface area contributed by atoms with E-state index in [0.717, 1.165) is 26.2 Å². The van der Waals surface area contributed by atoms with Gasteiger partial charge in [0.25, 0.3) is 0 Å². The van der Waals surface area contributed by atoms with Crippen LogP contribution in [0.3, 0.4) is 0 Å². The molecule has 0 aliphatic rings. The van der Waals surface area contributed by atoms with Crippen molar-refractivity contribution in [2.24, 2.45) is 0 Å². The standard InChI is InChI=1S/C14H26N2OS/c1-12(2)16(7-8-17-4)13(3)10-15-11-14-6-5-9-18-14/h5-6,9,12-13,15H,7-8,10-11H2,1-4H3. The summed E-state index contributed by atoms with van der Waals surface area (Å²) < 4.78 is 5.18. The molecule has 0 bridgehead atoms. The van der Waals surface area contributed by atoms with Crippen molar-refractivity contribution in [3.05, 3.63) is 22.4 Å². The van der Waals surface area contributed by atoms with Crippen molar-refractivity contribution in [1.29, 1.82) is 0 Å². The Kier molecular flexibility index (Phi) is 7.51. The van der Waals surface area contributed by atoms with Gasteiger partial charge in [0.2, 0.25) is 0 Å². The second kappa shape index (κ2) is 8.64. The molecule has 0 aliphatic carbocycles. The number of nitrogens with one attached hydrogen (secondary N) is 1. The lowest BCUT2D eigenvalue weighted by molar-refractivity contribution is 0.101. The molecule has 0 radical (unpaired) electrons. The first-order valence-electron chi connectivity index (χ1n) is 6.63. The number of hydrogen-bond acceptors (Lipinski definition) is 4. The normalized spacial score (nSPS) is 13.4. The maximum absolute atomic E-state index is 5.18. The third-order valence-electron chi connectivity index (χ3n) is 3.10. The first-order valence-corrected chi connectivity index (χ1v) is 7.51. The van der Waals surface area contributed by atoms with E-state index >= 15 is 0 Å². The summed E-state index contributed by atoms with van der Waals surface area (Å²) in [6, 6.07) is 5.36. The fourth-order valence-electron chi connectivity index (χ4n) is 2.12. The van der Waals surface area contributed by atoms with Crippen molar-refractivity contribution >= 4 is 11.3 Å². The molecule has 0 amide bonds. The van der Waals surface area contributed by atoms with Crippen LogP contribution in [0.1, 0.15) is 25.6 Å². The van der Waals surface area contributed by atoms with Crippen LogP contribution in [0, 0.1) is 0 Å². The van der Waals surface area contributed by atoms with Crippen molar-refractivity contribution in [2.75, 3.05) is 26.8 Å². The van der Waals surface area contributed by atoms with Gasteiger partial charge in [0, 0.05) is 43.7 Å². The minimum atomic E-state index is 0.528. The maximum atomic E-state index is 5.18. The smallest absolute Gasteiger partial charge is 0.0589 e. The first kappa shape index (κ1) is 15.6. The zero-order valence-corrected chi connectivity index (χ0v) is 12.8. The lowest BCUT2D eigenvalue weighted by Gasteiger charge is -2.32. The number of nitrogens with zero attached hydrogens (tertiary/aromatic N) is 1. The average Bonchev–Trinajstić information content (AvgIpc) is 2.82. The van der Waals surface area contributed by atoms with Gasteiger partial charge in [-0.1, -0.05) is 6.07 Å². The van der Waals surface area contributed by atoms with E-state index < -0.39 is 0 Å². The molecule has 1 heterocycles. The predicted octanol–water partition coefficient (Wildman–Crippen LogP) is 2.58. The Balaban J connectivity index is 2.29. The lowest BCUT2D eigenvalue weighted by Crippen LogP contribution is -2.45. The molecule has 3 nitrogen and oxygen atoms in total. The van der Waals surface area contributed by atoms with Crippen LogP contribution in [-0.4, -0.2) is 43.8 Å². The third-order valence-corrected chi connectivity index (χ3v) is 3.98. The van der Waals surface area contributed by atoms with Gasteiger partial charge >= 0.3 is 0 Å². The number of thiophene rings is 1. The van der Waals surface area contributed by atoms with E-state index in [-0.39, 0.29) is 0 Å². The molecule has 18 heavy (non-hydrogen) atoms. The van der Waals surface area contributed by atoms with Gasteiger partial charge in [-0.3, -0.25) is 4.90 Å². The lowest BCUT2D eigenvalue weighted by atomic mass is 10.2. The minimum absolute atomic E-state index is 0.528. The Morgan fingerprint density at radius 3 is 2.72 bits per heavy atom. The molecule has 4 heteroatoms. The Bertz CT molecular complexity index is 301. The zero-order chi connectivity index (χ0) is 13.4. The highest BCUT2D eigenvalue weighted by Gasteiger charge is 2.16.